The van der Waals surface area contributed by atoms with Crippen molar-refractivity contribution in [2.24, 2.45) is 16.6 Å². The van der Waals surface area contributed by atoms with E-state index in [4.69, 9.17) is 10.7 Å². The molecule has 21 heavy (non-hydrogen) atoms. The van der Waals surface area contributed by atoms with Crippen LogP contribution in [0.25, 0.3) is 0 Å². The van der Waals surface area contributed by atoms with Crippen molar-refractivity contribution in [3.05, 3.63) is 29.8 Å². The predicted molar refractivity (Wildman–Crippen MR) is 82.7 cm³/mol. The van der Waals surface area contributed by atoms with Crippen LogP contribution in [0.1, 0.15) is 38.2 Å². The minimum absolute atomic E-state index is 0.305. The van der Waals surface area contributed by atoms with Crippen molar-refractivity contribution in [3.63, 3.8) is 0 Å². The fourth-order valence-corrected chi connectivity index (χ4v) is 4.58. The van der Waals surface area contributed by atoms with Crippen molar-refractivity contribution >= 4 is 15.9 Å². The average molecular weight is 307 g/mol. The zero-order valence-electron chi connectivity index (χ0n) is 12.2. The Balaban J connectivity index is 2.08. The third-order valence-electron chi connectivity index (χ3n) is 4.76. The van der Waals surface area contributed by atoms with Crippen LogP contribution in [0, 0.1) is 5.92 Å². The fraction of sp³-hybridized carbons (Fsp3) is 0.533. The topological polar surface area (TPSA) is 84.5 Å². The summed E-state index contributed by atoms with van der Waals surface area (Å²) in [4.78, 5) is 5.11. The highest BCUT2D eigenvalue weighted by molar-refractivity contribution is 7.90. The van der Waals surface area contributed by atoms with Gasteiger partial charge in [-0.3, -0.25) is 9.71 Å². The normalized spacial score (nSPS) is 32.7. The van der Waals surface area contributed by atoms with Crippen LogP contribution in [-0.2, 0) is 10.0 Å². The molecular weight excluding hydrogens is 286 g/mol. The second kappa shape index (κ2) is 5.10. The molecule has 1 aromatic rings. The third-order valence-corrected chi connectivity index (χ3v) is 6.16. The molecule has 1 aliphatic heterocycles. The molecular formula is C15H21N3O2S. The summed E-state index contributed by atoms with van der Waals surface area (Å²) in [6.07, 6.45) is 4.28. The molecule has 114 valence electrons. The van der Waals surface area contributed by atoms with Gasteiger partial charge in [0.25, 0.3) is 10.0 Å². The molecule has 0 aromatic heterocycles. The molecule has 1 aromatic carbocycles. The molecule has 6 heteroatoms. The van der Waals surface area contributed by atoms with E-state index in [9.17, 15) is 8.42 Å². The molecule has 1 fully saturated rings. The van der Waals surface area contributed by atoms with E-state index in [1.807, 2.05) is 6.07 Å². The van der Waals surface area contributed by atoms with Gasteiger partial charge in [-0.15, -0.1) is 0 Å². The molecule has 1 heterocycles. The van der Waals surface area contributed by atoms with Gasteiger partial charge in [0.05, 0.1) is 10.4 Å². The monoisotopic (exact) mass is 307 g/mol. The number of hydrogen-bond acceptors (Lipinski definition) is 4. The van der Waals surface area contributed by atoms with Gasteiger partial charge in [0.15, 0.2) is 0 Å². The van der Waals surface area contributed by atoms with Crippen LogP contribution in [0.3, 0.4) is 0 Å². The summed E-state index contributed by atoms with van der Waals surface area (Å²) in [5.41, 5.74) is 6.31. The molecule has 2 atom stereocenters. The standard InChI is InChI=1S/C15H21N3O2S/c1-11-6-4-5-9-15(11,10-16)17-14-12-7-2-3-8-13(12)21(19,20)18-14/h2-3,7-8,11H,4-6,9-10,16H2,1H3,(H,17,18). The Morgan fingerprint density at radius 2 is 2.14 bits per heavy atom. The number of fused-ring (bicyclic) bond motifs is 1. The summed E-state index contributed by atoms with van der Waals surface area (Å²) in [5, 5.41) is 0. The van der Waals surface area contributed by atoms with Crippen molar-refractivity contribution in [1.29, 1.82) is 0 Å². The Morgan fingerprint density at radius 1 is 1.38 bits per heavy atom. The molecule has 0 radical (unpaired) electrons. The van der Waals surface area contributed by atoms with Crippen molar-refractivity contribution in [2.75, 3.05) is 6.54 Å². The molecule has 3 N–H and O–H groups in total. The Morgan fingerprint density at radius 3 is 2.86 bits per heavy atom. The van der Waals surface area contributed by atoms with Gasteiger partial charge in [0.2, 0.25) is 0 Å². The largest absolute Gasteiger partial charge is 0.328 e. The van der Waals surface area contributed by atoms with Gasteiger partial charge in [0, 0.05) is 12.1 Å². The number of nitrogens with one attached hydrogen (secondary N) is 1. The molecule has 5 nitrogen and oxygen atoms in total. The third kappa shape index (κ3) is 2.36. The number of nitrogens with two attached hydrogens (primary N) is 1. The maximum absolute atomic E-state index is 12.2. The van der Waals surface area contributed by atoms with Crippen molar-refractivity contribution in [2.45, 2.75) is 43.0 Å². The van der Waals surface area contributed by atoms with Crippen LogP contribution in [0.2, 0.25) is 0 Å². The van der Waals surface area contributed by atoms with Crippen LogP contribution in [-0.4, -0.2) is 26.3 Å². The quantitative estimate of drug-likeness (QED) is 0.871. The first-order valence-electron chi connectivity index (χ1n) is 7.41. The molecule has 3 rings (SSSR count). The zero-order chi connectivity index (χ0) is 15.1. The van der Waals surface area contributed by atoms with E-state index in [0.29, 0.717) is 28.8 Å². The minimum atomic E-state index is -3.48. The Bertz CT molecular complexity index is 684. The molecule has 0 spiro atoms. The van der Waals surface area contributed by atoms with E-state index < -0.39 is 10.0 Å². The Labute approximate surface area is 125 Å². The van der Waals surface area contributed by atoms with Gasteiger partial charge in [-0.25, -0.2) is 8.42 Å². The van der Waals surface area contributed by atoms with Gasteiger partial charge in [-0.2, -0.15) is 0 Å². The average Bonchev–Trinajstić information content (AvgIpc) is 2.73. The van der Waals surface area contributed by atoms with Crippen molar-refractivity contribution in [1.82, 2.24) is 4.72 Å². The molecule has 0 bridgehead atoms. The molecule has 0 saturated heterocycles. The summed E-state index contributed by atoms with van der Waals surface area (Å²) < 4.78 is 26.9. The summed E-state index contributed by atoms with van der Waals surface area (Å²) >= 11 is 0. The van der Waals surface area contributed by atoms with Gasteiger partial charge in [0.1, 0.15) is 5.84 Å². The summed E-state index contributed by atoms with van der Waals surface area (Å²) in [5.74, 6) is 0.811. The molecule has 2 unspecified atom stereocenters. The SMILES string of the molecule is CC1CCCCC1(CN)N=C1NS(=O)(=O)c2ccccc21. The highest BCUT2D eigenvalue weighted by atomic mass is 32.2. The summed E-state index contributed by atoms with van der Waals surface area (Å²) in [6.45, 7) is 2.60. The number of rotatable bonds is 2. The van der Waals surface area contributed by atoms with Gasteiger partial charge >= 0.3 is 0 Å². The number of nitrogens with zero attached hydrogens (tertiary/aromatic N) is 1. The van der Waals surface area contributed by atoms with Crippen LogP contribution in [0.5, 0.6) is 0 Å². The fourth-order valence-electron chi connectivity index (χ4n) is 3.35. The molecule has 0 amide bonds. The smallest absolute Gasteiger partial charge is 0.263 e. The van der Waals surface area contributed by atoms with E-state index >= 15 is 0 Å². The molecule has 1 aliphatic carbocycles. The summed E-state index contributed by atoms with van der Waals surface area (Å²) in [6, 6.07) is 6.96. The Kier molecular flexibility index (Phi) is 3.53. The summed E-state index contributed by atoms with van der Waals surface area (Å²) in [7, 11) is -3.48. The lowest BCUT2D eigenvalue weighted by atomic mass is 9.74. The Hall–Kier alpha value is -1.40. The van der Waals surface area contributed by atoms with E-state index in [1.165, 1.54) is 6.42 Å². The maximum atomic E-state index is 12.2. The number of hydrogen-bond donors (Lipinski definition) is 2. The lowest BCUT2D eigenvalue weighted by molar-refractivity contribution is 0.215. The molecule has 1 saturated carbocycles. The van der Waals surface area contributed by atoms with Gasteiger partial charge in [-0.1, -0.05) is 31.9 Å². The van der Waals surface area contributed by atoms with E-state index in [0.717, 1.165) is 19.3 Å². The highest BCUT2D eigenvalue weighted by Crippen LogP contribution is 2.37. The number of sulfonamides is 1. The number of amidine groups is 1. The van der Waals surface area contributed by atoms with Gasteiger partial charge in [-0.05, 0) is 30.9 Å². The van der Waals surface area contributed by atoms with Crippen molar-refractivity contribution in [3.8, 4) is 0 Å². The van der Waals surface area contributed by atoms with Crippen LogP contribution in [0.4, 0.5) is 0 Å². The minimum Gasteiger partial charge on any atom is -0.328 e. The first-order chi connectivity index (χ1) is 9.98. The maximum Gasteiger partial charge on any atom is 0.263 e. The molecule has 2 aliphatic rings. The first-order valence-corrected chi connectivity index (χ1v) is 8.89. The highest BCUT2D eigenvalue weighted by Gasteiger charge is 2.39. The van der Waals surface area contributed by atoms with Crippen molar-refractivity contribution < 1.29 is 8.42 Å². The van der Waals surface area contributed by atoms with Crippen LogP contribution >= 0.6 is 0 Å². The van der Waals surface area contributed by atoms with Crippen LogP contribution in [0.15, 0.2) is 34.2 Å². The zero-order valence-corrected chi connectivity index (χ0v) is 13.0. The first kappa shape index (κ1) is 14.5. The second-order valence-corrected chi connectivity index (χ2v) is 7.67. The van der Waals surface area contributed by atoms with E-state index in [-0.39, 0.29) is 5.54 Å². The number of benzene rings is 1. The van der Waals surface area contributed by atoms with Crippen LogP contribution < -0.4 is 10.5 Å². The van der Waals surface area contributed by atoms with E-state index in [1.54, 1.807) is 18.2 Å². The van der Waals surface area contributed by atoms with E-state index in [2.05, 4.69) is 11.6 Å². The predicted octanol–water partition coefficient (Wildman–Crippen LogP) is 1.63. The lowest BCUT2D eigenvalue weighted by Crippen LogP contribution is -2.46. The van der Waals surface area contributed by atoms with Gasteiger partial charge < -0.3 is 5.73 Å². The lowest BCUT2D eigenvalue weighted by Gasteiger charge is -2.38. The second-order valence-electron chi connectivity index (χ2n) is 6.02. The number of aliphatic imine (C=N–C) groups is 1.